The standard InChI is InChI=1S/C9H6O2/c10-9-6-5-7-3-1-2-4-8(7)11-9/h1-6H/i9+1. The van der Waals surface area contributed by atoms with Crippen molar-refractivity contribution in [1.29, 1.82) is 0 Å². The maximum Gasteiger partial charge on any atom is 0.336 e. The minimum absolute atomic E-state index is 0.302. The first-order valence-electron chi connectivity index (χ1n) is 3.35. The van der Waals surface area contributed by atoms with E-state index in [0.717, 1.165) is 5.39 Å². The SMILES string of the molecule is O=[13c]1ccc2ccccc2o1. The largest absolute Gasteiger partial charge is 0.423 e. The highest BCUT2D eigenvalue weighted by Crippen LogP contribution is 2.08. The summed E-state index contributed by atoms with van der Waals surface area (Å²) in [7, 11) is 0. The lowest BCUT2D eigenvalue weighted by atomic mass is 10.2. The van der Waals surface area contributed by atoms with Crippen molar-refractivity contribution in [2.24, 2.45) is 0 Å². The van der Waals surface area contributed by atoms with E-state index in [1.54, 1.807) is 12.1 Å². The van der Waals surface area contributed by atoms with Crippen LogP contribution in [0.3, 0.4) is 0 Å². The highest BCUT2D eigenvalue weighted by atomic mass is 16.5. The van der Waals surface area contributed by atoms with Gasteiger partial charge in [0.1, 0.15) is 5.58 Å². The van der Waals surface area contributed by atoms with Gasteiger partial charge in [0.15, 0.2) is 0 Å². The average molecular weight is 147 g/mol. The normalized spacial score (nSPS) is 10.2. The molecule has 1 aromatic carbocycles. The van der Waals surface area contributed by atoms with E-state index in [1.807, 2.05) is 18.2 Å². The molecule has 11 heavy (non-hydrogen) atoms. The monoisotopic (exact) mass is 147 g/mol. The Bertz CT molecular complexity index is 429. The molecule has 0 radical (unpaired) electrons. The van der Waals surface area contributed by atoms with E-state index in [0.29, 0.717) is 5.58 Å². The molecule has 2 nitrogen and oxygen atoms in total. The Balaban J connectivity index is 2.94. The third-order valence-electron chi connectivity index (χ3n) is 1.53. The van der Waals surface area contributed by atoms with Gasteiger partial charge in [-0.3, -0.25) is 0 Å². The van der Waals surface area contributed by atoms with Gasteiger partial charge in [-0.1, -0.05) is 18.2 Å². The lowest BCUT2D eigenvalue weighted by Gasteiger charge is -1.91. The highest BCUT2D eigenvalue weighted by Gasteiger charge is 1.92. The number of hydrogen-bond acceptors (Lipinski definition) is 2. The van der Waals surface area contributed by atoms with Crippen molar-refractivity contribution in [2.45, 2.75) is 0 Å². The zero-order valence-corrected chi connectivity index (χ0v) is 5.78. The van der Waals surface area contributed by atoms with Crippen molar-refractivity contribution < 1.29 is 4.42 Å². The third-order valence-corrected chi connectivity index (χ3v) is 1.53. The Morgan fingerprint density at radius 3 is 2.73 bits per heavy atom. The molecule has 0 saturated carbocycles. The molecule has 0 fully saturated rings. The Hall–Kier alpha value is -1.57. The van der Waals surface area contributed by atoms with Crippen molar-refractivity contribution in [2.75, 3.05) is 0 Å². The molecule has 0 N–H and O–H groups in total. The van der Waals surface area contributed by atoms with Crippen LogP contribution < -0.4 is 5.63 Å². The zero-order chi connectivity index (χ0) is 7.68. The first kappa shape index (κ1) is 6.16. The van der Waals surface area contributed by atoms with Crippen molar-refractivity contribution in [3.63, 3.8) is 0 Å². The van der Waals surface area contributed by atoms with E-state index in [2.05, 4.69) is 0 Å². The number of hydrogen-bond donors (Lipinski definition) is 0. The summed E-state index contributed by atoms with van der Waals surface area (Å²) >= 11 is 0. The van der Waals surface area contributed by atoms with E-state index in [4.69, 9.17) is 4.42 Å². The Morgan fingerprint density at radius 2 is 1.82 bits per heavy atom. The number of benzene rings is 1. The molecule has 2 heteroatoms. The van der Waals surface area contributed by atoms with Gasteiger partial charge in [-0.15, -0.1) is 0 Å². The summed E-state index contributed by atoms with van der Waals surface area (Å²) in [5.74, 6) is 0. The quantitative estimate of drug-likeness (QED) is 0.532. The van der Waals surface area contributed by atoms with Crippen LogP contribution >= 0.6 is 0 Å². The molecule has 0 spiro atoms. The smallest absolute Gasteiger partial charge is 0.336 e. The fourth-order valence-electron chi connectivity index (χ4n) is 1.01. The van der Waals surface area contributed by atoms with Gasteiger partial charge in [-0.05, 0) is 12.1 Å². The summed E-state index contributed by atoms with van der Waals surface area (Å²) < 4.78 is 4.91. The minimum atomic E-state index is -0.302. The van der Waals surface area contributed by atoms with Gasteiger partial charge in [-0.25, -0.2) is 4.79 Å². The van der Waals surface area contributed by atoms with Crippen molar-refractivity contribution in [3.05, 3.63) is 46.8 Å². The zero-order valence-electron chi connectivity index (χ0n) is 5.78. The van der Waals surface area contributed by atoms with Crippen LogP contribution in [0.4, 0.5) is 0 Å². The molecule has 54 valence electrons. The molecule has 0 aliphatic rings. The summed E-state index contributed by atoms with van der Waals surface area (Å²) in [6.07, 6.45) is 0. The van der Waals surface area contributed by atoms with Crippen molar-refractivity contribution in [1.82, 2.24) is 0 Å². The second-order valence-corrected chi connectivity index (χ2v) is 2.29. The molecule has 0 aliphatic carbocycles. The van der Waals surface area contributed by atoms with Crippen LogP contribution in [0.15, 0.2) is 45.6 Å². The van der Waals surface area contributed by atoms with Crippen LogP contribution in [0.25, 0.3) is 11.0 Å². The molecule has 0 saturated heterocycles. The molecule has 0 aliphatic heterocycles. The summed E-state index contributed by atoms with van der Waals surface area (Å²) in [5, 5.41) is 0.951. The van der Waals surface area contributed by atoms with E-state index < -0.39 is 0 Å². The molecule has 0 atom stereocenters. The van der Waals surface area contributed by atoms with E-state index >= 15 is 0 Å². The third kappa shape index (κ3) is 1.03. The van der Waals surface area contributed by atoms with E-state index in [1.165, 1.54) is 6.07 Å². The molecular weight excluding hydrogens is 141 g/mol. The highest BCUT2D eigenvalue weighted by molar-refractivity contribution is 5.75. The van der Waals surface area contributed by atoms with Crippen LogP contribution in [-0.4, -0.2) is 0 Å². The van der Waals surface area contributed by atoms with Crippen LogP contribution in [0.1, 0.15) is 0 Å². The van der Waals surface area contributed by atoms with Crippen molar-refractivity contribution in [3.8, 4) is 0 Å². The molecule has 1 aromatic heterocycles. The molecular formula is C9H6O2. The summed E-state index contributed by atoms with van der Waals surface area (Å²) in [6, 6.07) is 10.6. The fraction of sp³-hybridized carbons (Fsp3) is 0. The molecule has 0 unspecified atom stereocenters. The number of para-hydroxylation sites is 1. The Kier molecular flexibility index (Phi) is 1.25. The number of rotatable bonds is 0. The van der Waals surface area contributed by atoms with Crippen LogP contribution in [-0.2, 0) is 0 Å². The minimum Gasteiger partial charge on any atom is -0.423 e. The van der Waals surface area contributed by atoms with Gasteiger partial charge in [0.2, 0.25) is 0 Å². The average Bonchev–Trinajstić information content (AvgIpc) is 2.04. The topological polar surface area (TPSA) is 30.2 Å². The molecule has 1 heterocycles. The predicted molar refractivity (Wildman–Crippen MR) is 42.5 cm³/mol. The summed E-state index contributed by atoms with van der Waals surface area (Å²) in [5.41, 5.74) is 0.337. The van der Waals surface area contributed by atoms with Gasteiger partial charge in [0, 0.05) is 11.5 Å². The molecule has 2 rings (SSSR count). The predicted octanol–water partition coefficient (Wildman–Crippen LogP) is 1.79. The molecule has 2 aromatic rings. The Labute approximate surface area is 63.1 Å². The van der Waals surface area contributed by atoms with Gasteiger partial charge in [0.25, 0.3) is 0 Å². The first-order valence-corrected chi connectivity index (χ1v) is 3.35. The van der Waals surface area contributed by atoms with Crippen molar-refractivity contribution >= 4 is 11.0 Å². The van der Waals surface area contributed by atoms with Gasteiger partial charge in [0.05, 0.1) is 0 Å². The van der Waals surface area contributed by atoms with Crippen LogP contribution in [0.2, 0.25) is 0 Å². The summed E-state index contributed by atoms with van der Waals surface area (Å²) in [4.78, 5) is 10.7. The van der Waals surface area contributed by atoms with Crippen LogP contribution in [0, 0.1) is 0 Å². The second kappa shape index (κ2) is 2.23. The fourth-order valence-corrected chi connectivity index (χ4v) is 1.01. The summed E-state index contributed by atoms with van der Waals surface area (Å²) in [6.45, 7) is 0. The lowest BCUT2D eigenvalue weighted by molar-refractivity contribution is 0.561. The molecule has 0 amide bonds. The number of fused-ring (bicyclic) bond motifs is 1. The van der Waals surface area contributed by atoms with Gasteiger partial charge >= 0.3 is 5.63 Å². The maximum absolute atomic E-state index is 10.7. The van der Waals surface area contributed by atoms with Crippen LogP contribution in [0.5, 0.6) is 0 Å². The van der Waals surface area contributed by atoms with Gasteiger partial charge in [-0.2, -0.15) is 0 Å². The second-order valence-electron chi connectivity index (χ2n) is 2.29. The lowest BCUT2D eigenvalue weighted by Crippen LogP contribution is -1.93. The Morgan fingerprint density at radius 1 is 1.00 bits per heavy atom. The van der Waals surface area contributed by atoms with E-state index in [-0.39, 0.29) is 5.63 Å². The molecule has 0 bridgehead atoms. The maximum atomic E-state index is 10.7. The van der Waals surface area contributed by atoms with E-state index in [9.17, 15) is 4.79 Å². The van der Waals surface area contributed by atoms with Gasteiger partial charge < -0.3 is 4.42 Å². The first-order chi connectivity index (χ1) is 5.36.